The van der Waals surface area contributed by atoms with Gasteiger partial charge in [-0.1, -0.05) is 46.3 Å². The van der Waals surface area contributed by atoms with E-state index in [1.165, 1.54) is 12.5 Å². The summed E-state index contributed by atoms with van der Waals surface area (Å²) in [7, 11) is 0. The predicted octanol–water partition coefficient (Wildman–Crippen LogP) is -1.29. The van der Waals surface area contributed by atoms with Crippen LogP contribution in [0.2, 0.25) is 0 Å². The van der Waals surface area contributed by atoms with E-state index in [4.69, 9.17) is 42.6 Å². The molecule has 5 heterocycles. The first-order chi connectivity index (χ1) is 35.6. The lowest BCUT2D eigenvalue weighted by Crippen LogP contribution is -2.69. The van der Waals surface area contributed by atoms with Crippen LogP contribution in [-0.4, -0.2) is 222 Å². The first-order valence-corrected chi connectivity index (χ1v) is 27.3. The van der Waals surface area contributed by atoms with Crippen LogP contribution in [0.4, 0.5) is 0 Å². The molecule has 5 saturated heterocycles. The van der Waals surface area contributed by atoms with Gasteiger partial charge in [-0.2, -0.15) is 0 Å². The molecule has 0 aromatic carbocycles. The van der Waals surface area contributed by atoms with Crippen molar-refractivity contribution in [2.24, 2.45) is 50.2 Å². The Hall–Kier alpha value is -2.08. The minimum Gasteiger partial charge on any atom is -0.479 e. The van der Waals surface area contributed by atoms with Gasteiger partial charge in [0.2, 0.25) is 0 Å². The van der Waals surface area contributed by atoms with E-state index >= 15 is 0 Å². The van der Waals surface area contributed by atoms with Crippen molar-refractivity contribution in [1.82, 2.24) is 0 Å². The van der Waals surface area contributed by atoms with Crippen LogP contribution in [0.1, 0.15) is 106 Å². The van der Waals surface area contributed by atoms with E-state index in [1.807, 2.05) is 13.8 Å². The number of aliphatic hydroxyl groups is 11. The molecule has 1 unspecified atom stereocenters. The molecule has 0 spiro atoms. The Morgan fingerprint density at radius 1 is 0.658 bits per heavy atom. The highest BCUT2D eigenvalue weighted by molar-refractivity contribution is 5.79. The Labute approximate surface area is 441 Å². The van der Waals surface area contributed by atoms with Crippen molar-refractivity contribution in [2.45, 2.75) is 235 Å². The van der Waals surface area contributed by atoms with Crippen molar-refractivity contribution in [2.75, 3.05) is 19.8 Å². The molecule has 432 valence electrons. The maximum atomic E-state index is 13.3. The summed E-state index contributed by atoms with van der Waals surface area (Å²) in [6, 6.07) is 0. The van der Waals surface area contributed by atoms with E-state index in [1.54, 1.807) is 0 Å². The Morgan fingerprint density at radius 2 is 1.33 bits per heavy atom. The molecule has 10 aliphatic rings. The molecule has 5 aliphatic heterocycles. The third-order valence-electron chi connectivity index (χ3n) is 21.7. The molecule has 76 heavy (non-hydrogen) atoms. The van der Waals surface area contributed by atoms with Gasteiger partial charge in [0.15, 0.2) is 31.3 Å². The second kappa shape index (κ2) is 20.1. The molecule has 2 bridgehead atoms. The van der Waals surface area contributed by atoms with Crippen molar-refractivity contribution in [1.29, 1.82) is 0 Å². The molecule has 5 aliphatic carbocycles. The third kappa shape index (κ3) is 8.61. The predicted molar refractivity (Wildman–Crippen MR) is 255 cm³/mol. The number of hydrogen-bond acceptors (Lipinski definition) is 22. The number of esters is 1. The molecule has 30 atom stereocenters. The normalized spacial score (nSPS) is 57.0. The molecule has 0 radical (unpaired) electrons. The Balaban J connectivity index is 0.950. The molecule has 12 N–H and O–H groups in total. The highest BCUT2D eigenvalue weighted by Crippen LogP contribution is 2.76. The van der Waals surface area contributed by atoms with E-state index in [-0.39, 0.29) is 58.1 Å². The summed E-state index contributed by atoms with van der Waals surface area (Å²) in [6.07, 6.45) is -26.7. The van der Waals surface area contributed by atoms with Crippen molar-refractivity contribution >= 4 is 11.9 Å². The molecule has 0 amide bonds. The Kier molecular flexibility index (Phi) is 15.1. The number of aliphatic carboxylic acids is 1. The number of rotatable bonds is 11. The zero-order valence-corrected chi connectivity index (χ0v) is 44.3. The zero-order valence-electron chi connectivity index (χ0n) is 44.3. The lowest BCUT2D eigenvalue weighted by atomic mass is 9.33. The topological polar surface area (TPSA) is 360 Å². The van der Waals surface area contributed by atoms with Crippen LogP contribution in [0.15, 0.2) is 11.6 Å². The summed E-state index contributed by atoms with van der Waals surface area (Å²) in [6.45, 7) is 13.0. The van der Waals surface area contributed by atoms with Crippen LogP contribution in [0.25, 0.3) is 0 Å². The smallest absolute Gasteiger partial charge is 0.335 e. The fourth-order valence-corrected chi connectivity index (χ4v) is 16.7. The molecular weight excluding hydrogens is 1000 g/mol. The van der Waals surface area contributed by atoms with Crippen molar-refractivity contribution in [3.8, 4) is 0 Å². The van der Waals surface area contributed by atoms with E-state index in [0.717, 1.165) is 38.5 Å². The monoisotopic (exact) mass is 1090 g/mol. The van der Waals surface area contributed by atoms with E-state index < -0.39 is 153 Å². The molecule has 4 saturated carbocycles. The number of carboxylic acids is 1. The highest BCUT2D eigenvalue weighted by Gasteiger charge is 2.72. The van der Waals surface area contributed by atoms with Gasteiger partial charge in [0.05, 0.1) is 37.4 Å². The van der Waals surface area contributed by atoms with E-state index in [9.17, 15) is 70.9 Å². The van der Waals surface area contributed by atoms with Crippen LogP contribution in [-0.2, 0) is 52.2 Å². The maximum Gasteiger partial charge on any atom is 0.335 e. The number of allylic oxidation sites excluding steroid dienone is 2. The average molecular weight is 1090 g/mol. The van der Waals surface area contributed by atoms with Crippen LogP contribution >= 0.6 is 0 Å². The molecular formula is C53H82O23. The molecule has 10 rings (SSSR count). The van der Waals surface area contributed by atoms with E-state index in [0.29, 0.717) is 19.3 Å². The van der Waals surface area contributed by atoms with Crippen molar-refractivity contribution in [3.63, 3.8) is 0 Å². The van der Waals surface area contributed by atoms with Gasteiger partial charge in [-0.3, -0.25) is 4.79 Å². The largest absolute Gasteiger partial charge is 0.479 e. The number of fused-ring (bicyclic) bond motifs is 10. The van der Waals surface area contributed by atoms with Gasteiger partial charge in [0.1, 0.15) is 85.5 Å². The highest BCUT2D eigenvalue weighted by atomic mass is 16.8. The first-order valence-electron chi connectivity index (χ1n) is 27.3. The minimum absolute atomic E-state index is 0.0962. The van der Waals surface area contributed by atoms with Gasteiger partial charge < -0.3 is 104 Å². The molecule has 9 fully saturated rings. The lowest BCUT2D eigenvalue weighted by molar-refractivity contribution is -0.408. The minimum atomic E-state index is -2.16. The third-order valence-corrected chi connectivity index (χ3v) is 21.7. The van der Waals surface area contributed by atoms with Gasteiger partial charge in [-0.25, -0.2) is 4.79 Å². The van der Waals surface area contributed by atoms with Crippen molar-refractivity contribution < 1.29 is 113 Å². The SMILES string of the molecule is C[C@@H]1O[C@@H](O[C@H]2[C@H](O[C@H]3[C@H](O[C@H]4CC[C@@]5(C)C(CC[C@]6(C)[C@@H]5CC=C5[C@@H]7C[C@]8(C)C[C@@H](OC8=O)[C@]7(C)CC[C@]56C)[C@@]4(C)CO)O[C@H](C(=O)O)[C@@H](O)[C@@H]3O)O[C@H](CO)[C@@H](O)[C@@H]2O[C@@H]2OC[C@@H](O)[C@H](O)[C@H]2O)[C@H](O)[C@H](O)[C@H]1O. The summed E-state index contributed by atoms with van der Waals surface area (Å²) in [5, 5.41) is 131. The summed E-state index contributed by atoms with van der Waals surface area (Å²) >= 11 is 0. The first kappa shape index (κ1) is 57.2. The molecule has 23 heteroatoms. The van der Waals surface area contributed by atoms with Gasteiger partial charge in [-0.15, -0.1) is 0 Å². The number of carboxylic acid groups (broad SMARTS) is 1. The van der Waals surface area contributed by atoms with Gasteiger partial charge in [0, 0.05) is 17.3 Å². The Bertz CT molecular complexity index is 2200. The van der Waals surface area contributed by atoms with Gasteiger partial charge in [0.25, 0.3) is 0 Å². The van der Waals surface area contributed by atoms with Crippen LogP contribution in [0, 0.1) is 50.2 Å². The second-order valence-corrected chi connectivity index (χ2v) is 25.7. The molecule has 0 aromatic rings. The quantitative estimate of drug-likeness (QED) is 0.0651. The summed E-state index contributed by atoms with van der Waals surface area (Å²) in [4.78, 5) is 25.9. The van der Waals surface area contributed by atoms with Gasteiger partial charge >= 0.3 is 11.9 Å². The molecule has 0 aromatic heterocycles. The average Bonchev–Trinajstić information content (AvgIpc) is 3.64. The number of carbonyl (C=O) groups excluding carboxylic acids is 1. The van der Waals surface area contributed by atoms with E-state index in [2.05, 4.69) is 33.8 Å². The zero-order chi connectivity index (χ0) is 55.1. The molecule has 23 nitrogen and oxygen atoms in total. The Morgan fingerprint density at radius 3 is 2.01 bits per heavy atom. The fourth-order valence-electron chi connectivity index (χ4n) is 16.7. The fraction of sp³-hybridized carbons (Fsp3) is 0.925. The van der Waals surface area contributed by atoms with Crippen LogP contribution in [0.5, 0.6) is 0 Å². The summed E-state index contributed by atoms with van der Waals surface area (Å²) in [5.74, 6) is -1.53. The standard InChI is InChI=1S/C53H82O23/c1-21-30(57)33(60)37(64)44(69-21)76-41-38(73-43-36(63)31(58)24(56)19-68-43)32(59)25(18-54)70-46(41)75-40-35(62)34(61)39(42(65)66)74-45(40)71-28-11-12-50(4)26(51(28,5)20-55)10-13-53(7)27(50)9-8-22-23-16-48(2)17-29(72-47(48)67)49(23,3)14-15-52(22,53)6/h8,21,23-41,43-46,54-64H,9-20H2,1-7H3,(H,65,66)/t21-,23-,24+,25+,26?,27+,28-,29+,30-,31-,32+,33+,34-,35-,36+,37+,38-,39-,40+,41+,43-,44-,45+,46-,48+,49+,50-,51+,52+,53+/m0/s1. The maximum absolute atomic E-state index is 13.3. The second-order valence-electron chi connectivity index (χ2n) is 25.7. The number of carbonyl (C=O) groups is 2. The number of ether oxygens (including phenoxy) is 9. The number of aliphatic hydroxyl groups excluding tert-OH is 11. The summed E-state index contributed by atoms with van der Waals surface area (Å²) < 4.78 is 54.8. The lowest BCUT2D eigenvalue weighted by Gasteiger charge is -2.71. The van der Waals surface area contributed by atoms with Crippen LogP contribution < -0.4 is 0 Å². The summed E-state index contributed by atoms with van der Waals surface area (Å²) in [5.41, 5.74) is -0.937. The van der Waals surface area contributed by atoms with Crippen LogP contribution in [0.3, 0.4) is 0 Å². The van der Waals surface area contributed by atoms with Gasteiger partial charge in [-0.05, 0) is 99.2 Å². The number of hydrogen-bond donors (Lipinski definition) is 12. The van der Waals surface area contributed by atoms with Crippen molar-refractivity contribution in [3.05, 3.63) is 11.6 Å².